The maximum Gasteiger partial charge on any atom is 0.227 e. The van der Waals surface area contributed by atoms with Crippen molar-refractivity contribution in [2.45, 2.75) is 95.9 Å². The first-order valence-corrected chi connectivity index (χ1v) is 31.9. The van der Waals surface area contributed by atoms with E-state index in [0.717, 1.165) is 99.2 Å². The third kappa shape index (κ3) is 11.1. The topological polar surface area (TPSA) is 120 Å². The average Bonchev–Trinajstić information content (AvgIpc) is 1.53. The second kappa shape index (κ2) is 24.7. The number of benzene rings is 4. The zero-order valence-corrected chi connectivity index (χ0v) is 56.5. The van der Waals surface area contributed by atoms with E-state index in [1.165, 1.54) is 72.4 Å². The molecule has 4 aromatic carbocycles. The Morgan fingerprint density at radius 2 is 0.745 bits per heavy atom. The lowest BCUT2D eigenvalue weighted by atomic mass is 9.95. The predicted octanol–water partition coefficient (Wildman–Crippen LogP) is 18.4. The van der Waals surface area contributed by atoms with Gasteiger partial charge in [-0.05, 0) is 193 Å². The van der Waals surface area contributed by atoms with Gasteiger partial charge in [0, 0.05) is 119 Å². The Balaban J connectivity index is 0.000000117. The standard InChI is InChI=1S/C22H23N2O.C21H21N2O.C20H19N2O.C19H17N2O/c1-13(2)16-8-10-24(5)18(12-16)20-15(4)11-14(3)19-17-7-6-9-23-22(17)25-21(19)20;1-12-10-17(23(5)11-15(12)4)19-14(3)9-13(2)18-16-7-6-8-22-21(16)24-20(18)19;1-12-7-8-16(22(4)11-12)18-14(3)10-13(2)17-15-6-5-9-21-20(15)23-19(17)18;1-12-6-9-16(21(3)11-12)17-13(2)7-8-14-15-5-4-10-20-19(15)22-18(14)17/h6-13H,1-5H3;6-11H,1-5H3;5-11H,1-4H3;4-11H,1-3H3/q4*+1/i;;;1D3. The second-order valence-corrected chi connectivity index (χ2v) is 25.6. The number of hydrogen-bond donors (Lipinski definition) is 0. The van der Waals surface area contributed by atoms with Crippen molar-refractivity contribution in [2.24, 2.45) is 28.2 Å². The van der Waals surface area contributed by atoms with Gasteiger partial charge in [-0.15, -0.1) is 0 Å². The fourth-order valence-electron chi connectivity index (χ4n) is 13.7. The van der Waals surface area contributed by atoms with Gasteiger partial charge in [0.25, 0.3) is 0 Å². The highest BCUT2D eigenvalue weighted by Gasteiger charge is 2.27. The molecule has 16 aromatic rings. The quantitative estimate of drug-likeness (QED) is 0.156. The maximum absolute atomic E-state index is 7.58. The molecule has 12 nitrogen and oxygen atoms in total. The second-order valence-electron chi connectivity index (χ2n) is 25.6. The normalized spacial score (nSPS) is 12.2. The fraction of sp³-hybridized carbons (Fsp3) is 0.220. The van der Waals surface area contributed by atoms with Crippen molar-refractivity contribution >= 4 is 88.3 Å². The number of aryl methyl sites for hydroxylation is 15. The van der Waals surface area contributed by atoms with Crippen LogP contribution < -0.4 is 18.3 Å². The lowest BCUT2D eigenvalue weighted by Gasteiger charge is -2.10. The number of fused-ring (bicyclic) bond motifs is 12. The van der Waals surface area contributed by atoms with Crippen LogP contribution in [0, 0.1) is 76.1 Å². The van der Waals surface area contributed by atoms with Crippen LogP contribution in [0.5, 0.6) is 0 Å². The lowest BCUT2D eigenvalue weighted by molar-refractivity contribution is -0.660. The first-order chi connectivity index (χ1) is 46.4. The van der Waals surface area contributed by atoms with E-state index in [9.17, 15) is 0 Å². The van der Waals surface area contributed by atoms with Crippen molar-refractivity contribution in [2.75, 3.05) is 0 Å². The molecule has 0 saturated heterocycles. The number of nitrogens with zero attached hydrogens (tertiary/aromatic N) is 8. The van der Waals surface area contributed by atoms with Gasteiger partial charge in [-0.2, -0.15) is 0 Å². The van der Waals surface area contributed by atoms with Gasteiger partial charge in [0.15, 0.2) is 47.1 Å². The Labute approximate surface area is 552 Å². The van der Waals surface area contributed by atoms with Crippen LogP contribution in [0.4, 0.5) is 0 Å². The summed E-state index contributed by atoms with van der Waals surface area (Å²) < 4.78 is 55.7. The van der Waals surface area contributed by atoms with E-state index in [1.807, 2.05) is 61.0 Å². The van der Waals surface area contributed by atoms with Gasteiger partial charge >= 0.3 is 0 Å². The van der Waals surface area contributed by atoms with Crippen LogP contribution >= 0.6 is 0 Å². The van der Waals surface area contributed by atoms with Crippen LogP contribution in [0.15, 0.2) is 189 Å². The highest BCUT2D eigenvalue weighted by Crippen LogP contribution is 2.43. The van der Waals surface area contributed by atoms with Crippen molar-refractivity contribution in [3.63, 3.8) is 0 Å². The molecule has 12 heterocycles. The Hall–Kier alpha value is -10.7. The van der Waals surface area contributed by atoms with Gasteiger partial charge in [0.2, 0.25) is 45.6 Å². The predicted molar refractivity (Wildman–Crippen MR) is 379 cm³/mol. The molecule has 0 N–H and O–H groups in total. The van der Waals surface area contributed by atoms with Crippen molar-refractivity contribution < 1.29 is 40.0 Å². The molecule has 0 unspecified atom stereocenters. The van der Waals surface area contributed by atoms with Gasteiger partial charge in [-0.1, -0.05) is 44.2 Å². The minimum absolute atomic E-state index is 0.315. The van der Waals surface area contributed by atoms with Crippen molar-refractivity contribution in [1.82, 2.24) is 19.9 Å². The highest BCUT2D eigenvalue weighted by molar-refractivity contribution is 6.13. The minimum atomic E-state index is -2.12. The minimum Gasteiger partial charge on any atom is -0.437 e. The van der Waals surface area contributed by atoms with Gasteiger partial charge in [-0.25, -0.2) is 38.2 Å². The van der Waals surface area contributed by atoms with E-state index in [0.29, 0.717) is 34.3 Å². The van der Waals surface area contributed by atoms with E-state index in [4.69, 9.17) is 21.8 Å². The van der Waals surface area contributed by atoms with Crippen molar-refractivity contribution in [3.8, 4) is 45.0 Å². The first kappa shape index (κ1) is 58.4. The molecule has 12 aromatic heterocycles. The molecule has 16 rings (SSSR count). The van der Waals surface area contributed by atoms with Crippen LogP contribution in [-0.4, -0.2) is 19.9 Å². The van der Waals surface area contributed by atoms with Crippen molar-refractivity contribution in [3.05, 3.63) is 238 Å². The number of hydrogen-bond acceptors (Lipinski definition) is 8. The molecule has 0 radical (unpaired) electrons. The van der Waals surface area contributed by atoms with Crippen molar-refractivity contribution in [1.29, 1.82) is 0 Å². The van der Waals surface area contributed by atoms with E-state index in [1.54, 1.807) is 37.1 Å². The summed E-state index contributed by atoms with van der Waals surface area (Å²) in [7, 11) is 8.11. The van der Waals surface area contributed by atoms with Gasteiger partial charge < -0.3 is 17.7 Å². The summed E-state index contributed by atoms with van der Waals surface area (Å²) in [4.78, 5) is 17.5. The van der Waals surface area contributed by atoms with E-state index < -0.39 is 6.85 Å². The molecule has 0 amide bonds. The van der Waals surface area contributed by atoms with Gasteiger partial charge in [0.1, 0.15) is 28.2 Å². The molecule has 0 spiro atoms. The molecule has 0 bridgehead atoms. The third-order valence-electron chi connectivity index (χ3n) is 18.4. The smallest absolute Gasteiger partial charge is 0.227 e. The summed E-state index contributed by atoms with van der Waals surface area (Å²) in [6, 6.07) is 41.4. The Morgan fingerprint density at radius 3 is 1.21 bits per heavy atom. The number of aromatic nitrogens is 8. The first-order valence-electron chi connectivity index (χ1n) is 33.4. The lowest BCUT2D eigenvalue weighted by Crippen LogP contribution is -2.31. The monoisotopic (exact) mass is 1240 g/mol. The van der Waals surface area contributed by atoms with Gasteiger partial charge in [0.05, 0.1) is 22.3 Å². The summed E-state index contributed by atoms with van der Waals surface area (Å²) in [6.45, 7) is 23.6. The molecule has 0 aliphatic rings. The largest absolute Gasteiger partial charge is 0.437 e. The molecule has 468 valence electrons. The maximum atomic E-state index is 7.58. The molecule has 0 aliphatic carbocycles. The average molecular weight is 1240 g/mol. The molecule has 0 atom stereocenters. The summed E-state index contributed by atoms with van der Waals surface area (Å²) in [5.74, 6) is 0.485. The molecular weight excluding hydrogens is 1160 g/mol. The summed E-state index contributed by atoms with van der Waals surface area (Å²) >= 11 is 0. The van der Waals surface area contributed by atoms with E-state index in [-0.39, 0.29) is 0 Å². The molecule has 0 fully saturated rings. The summed E-state index contributed by atoms with van der Waals surface area (Å²) in [5, 5.41) is 8.71. The Bertz CT molecular complexity index is 5810. The van der Waals surface area contributed by atoms with Crippen LogP contribution in [-0.2, 0) is 28.2 Å². The molecule has 12 heteroatoms. The molecule has 0 aliphatic heterocycles. The third-order valence-corrected chi connectivity index (χ3v) is 18.4. The van der Waals surface area contributed by atoms with Crippen LogP contribution in [0.1, 0.15) is 90.6 Å². The molecular formula is C82H80N8O4+4. The molecule has 94 heavy (non-hydrogen) atoms. The number of furan rings is 4. The number of pyridine rings is 8. The van der Waals surface area contributed by atoms with Crippen LogP contribution in [0.3, 0.4) is 0 Å². The Kier molecular flexibility index (Phi) is 15.4. The molecule has 0 saturated carbocycles. The van der Waals surface area contributed by atoms with Gasteiger partial charge in [-0.3, -0.25) is 0 Å². The van der Waals surface area contributed by atoms with E-state index >= 15 is 0 Å². The zero-order valence-electron chi connectivity index (χ0n) is 59.5. The Morgan fingerprint density at radius 1 is 0.340 bits per heavy atom. The highest BCUT2D eigenvalue weighted by atomic mass is 16.4. The van der Waals surface area contributed by atoms with Crippen LogP contribution in [0.2, 0.25) is 0 Å². The van der Waals surface area contributed by atoms with E-state index in [2.05, 4.69) is 222 Å². The SMILES string of the molecule is Cc1cc(-c2c(C)cc(C)c3c2oc2ncccc23)[n+](C)cc1C.Cc1cc(C)c2c(oc3ncccc32)c1-c1cc(C(C)C)cc[n+]1C.Cc1ccc(-c2c(C)cc(C)c3c2oc2ncccc23)[n+](C)c1.[2H]C([2H])([2H])c1ccc(-c2c(C)ccc3c2oc2ncccc23)[n+](C)c1. The summed E-state index contributed by atoms with van der Waals surface area (Å²) in [6.07, 6.45) is 15.2. The fourth-order valence-corrected chi connectivity index (χ4v) is 13.7. The number of rotatable bonds is 5. The zero-order chi connectivity index (χ0) is 68.6. The van der Waals surface area contributed by atoms with Crippen LogP contribution in [0.25, 0.3) is 133 Å². The summed E-state index contributed by atoms with van der Waals surface area (Å²) in [5.41, 5.74) is 28.9.